The van der Waals surface area contributed by atoms with Gasteiger partial charge in [0.25, 0.3) is 0 Å². The van der Waals surface area contributed by atoms with Crippen molar-refractivity contribution < 1.29 is 19.3 Å². The van der Waals surface area contributed by atoms with E-state index in [4.69, 9.17) is 19.3 Å². The number of aliphatic hydroxyl groups is 1. The summed E-state index contributed by atoms with van der Waals surface area (Å²) < 4.78 is 16.9. The van der Waals surface area contributed by atoms with Gasteiger partial charge < -0.3 is 19.3 Å². The second kappa shape index (κ2) is 10.6. The van der Waals surface area contributed by atoms with E-state index in [9.17, 15) is 0 Å². The summed E-state index contributed by atoms with van der Waals surface area (Å²) in [7, 11) is 0. The fourth-order valence-corrected chi connectivity index (χ4v) is 2.50. The van der Waals surface area contributed by atoms with Crippen molar-refractivity contribution in [2.45, 2.75) is 57.8 Å². The van der Waals surface area contributed by atoms with Gasteiger partial charge in [0.2, 0.25) is 0 Å². The molecular formula is C18H28O4. The molecule has 1 aromatic carbocycles. The van der Waals surface area contributed by atoms with Crippen LogP contribution >= 0.6 is 0 Å². The van der Waals surface area contributed by atoms with Crippen molar-refractivity contribution in [1.82, 2.24) is 0 Å². The van der Waals surface area contributed by atoms with Crippen LogP contribution < -0.4 is 4.74 Å². The number of aliphatic hydroxyl groups excluding tert-OH is 1. The SMILES string of the molecule is OCc1ccc(OCCCCCCOC2CCCCO2)cc1. The van der Waals surface area contributed by atoms with E-state index in [1.165, 1.54) is 19.3 Å². The third-order valence-corrected chi connectivity index (χ3v) is 3.85. The maximum atomic E-state index is 8.97. The Morgan fingerprint density at radius 1 is 1.00 bits per heavy atom. The van der Waals surface area contributed by atoms with Crippen LogP contribution in [0, 0.1) is 0 Å². The monoisotopic (exact) mass is 308 g/mol. The highest BCUT2D eigenvalue weighted by Crippen LogP contribution is 2.15. The fraction of sp³-hybridized carbons (Fsp3) is 0.667. The summed E-state index contributed by atoms with van der Waals surface area (Å²) in [4.78, 5) is 0. The van der Waals surface area contributed by atoms with Gasteiger partial charge in [0.15, 0.2) is 6.29 Å². The smallest absolute Gasteiger partial charge is 0.157 e. The molecule has 0 amide bonds. The predicted octanol–water partition coefficient (Wildman–Crippen LogP) is 3.66. The first-order valence-electron chi connectivity index (χ1n) is 8.44. The molecule has 1 fully saturated rings. The van der Waals surface area contributed by atoms with Gasteiger partial charge in [-0.25, -0.2) is 0 Å². The highest BCUT2D eigenvalue weighted by molar-refractivity contribution is 5.26. The summed E-state index contributed by atoms with van der Waals surface area (Å²) >= 11 is 0. The van der Waals surface area contributed by atoms with Crippen molar-refractivity contribution in [1.29, 1.82) is 0 Å². The van der Waals surface area contributed by atoms with Gasteiger partial charge in [0, 0.05) is 13.2 Å². The van der Waals surface area contributed by atoms with Gasteiger partial charge in [-0.1, -0.05) is 18.6 Å². The molecule has 1 atom stereocenters. The second-order valence-electron chi connectivity index (χ2n) is 5.73. The van der Waals surface area contributed by atoms with E-state index in [-0.39, 0.29) is 12.9 Å². The van der Waals surface area contributed by atoms with Crippen molar-refractivity contribution in [3.63, 3.8) is 0 Å². The molecule has 22 heavy (non-hydrogen) atoms. The molecule has 0 spiro atoms. The van der Waals surface area contributed by atoms with Crippen molar-refractivity contribution >= 4 is 0 Å². The molecular weight excluding hydrogens is 280 g/mol. The Hall–Kier alpha value is -1.10. The molecule has 124 valence electrons. The first kappa shape index (κ1) is 17.3. The normalized spacial score (nSPS) is 18.3. The lowest BCUT2D eigenvalue weighted by molar-refractivity contribution is -0.162. The number of unbranched alkanes of at least 4 members (excludes halogenated alkanes) is 3. The Kier molecular flexibility index (Phi) is 8.31. The summed E-state index contributed by atoms with van der Waals surface area (Å²) in [6.45, 7) is 2.47. The molecule has 4 heteroatoms. The van der Waals surface area contributed by atoms with E-state index in [2.05, 4.69) is 0 Å². The lowest BCUT2D eigenvalue weighted by Gasteiger charge is -2.22. The number of hydrogen-bond donors (Lipinski definition) is 1. The van der Waals surface area contributed by atoms with Crippen molar-refractivity contribution in [3.05, 3.63) is 29.8 Å². The topological polar surface area (TPSA) is 47.9 Å². The molecule has 1 unspecified atom stereocenters. The maximum Gasteiger partial charge on any atom is 0.157 e. The van der Waals surface area contributed by atoms with Crippen LogP contribution in [0.15, 0.2) is 24.3 Å². The summed E-state index contributed by atoms with van der Waals surface area (Å²) in [5.41, 5.74) is 0.911. The molecule has 1 aliphatic rings. The highest BCUT2D eigenvalue weighted by atomic mass is 16.7. The van der Waals surface area contributed by atoms with Crippen molar-refractivity contribution in [2.75, 3.05) is 19.8 Å². The number of ether oxygens (including phenoxy) is 3. The Bertz CT molecular complexity index is 385. The quantitative estimate of drug-likeness (QED) is 0.670. The average Bonchev–Trinajstić information content (AvgIpc) is 2.59. The Labute approximate surface area is 133 Å². The number of benzene rings is 1. The van der Waals surface area contributed by atoms with E-state index in [1.54, 1.807) is 0 Å². The fourth-order valence-electron chi connectivity index (χ4n) is 2.50. The molecule has 1 N–H and O–H groups in total. The highest BCUT2D eigenvalue weighted by Gasteiger charge is 2.13. The largest absolute Gasteiger partial charge is 0.494 e. The zero-order chi connectivity index (χ0) is 15.5. The van der Waals surface area contributed by atoms with Crippen LogP contribution in [0.4, 0.5) is 0 Å². The molecule has 0 saturated carbocycles. The van der Waals surface area contributed by atoms with Crippen LogP contribution in [-0.4, -0.2) is 31.2 Å². The molecule has 0 radical (unpaired) electrons. The zero-order valence-corrected chi connectivity index (χ0v) is 13.3. The zero-order valence-electron chi connectivity index (χ0n) is 13.3. The summed E-state index contributed by atoms with van der Waals surface area (Å²) in [6, 6.07) is 7.59. The lowest BCUT2D eigenvalue weighted by atomic mass is 10.2. The van der Waals surface area contributed by atoms with Crippen LogP contribution in [0.3, 0.4) is 0 Å². The molecule has 1 aliphatic heterocycles. The molecule has 1 aromatic rings. The minimum atomic E-state index is 0.0407. The molecule has 0 aromatic heterocycles. The molecule has 1 saturated heterocycles. The van der Waals surface area contributed by atoms with Gasteiger partial charge in [0.05, 0.1) is 13.2 Å². The molecule has 2 rings (SSSR count). The van der Waals surface area contributed by atoms with Crippen molar-refractivity contribution in [2.24, 2.45) is 0 Å². The number of hydrogen-bond acceptors (Lipinski definition) is 4. The van der Waals surface area contributed by atoms with Crippen LogP contribution in [0.25, 0.3) is 0 Å². The second-order valence-corrected chi connectivity index (χ2v) is 5.73. The molecule has 0 bridgehead atoms. The minimum absolute atomic E-state index is 0.0407. The van der Waals surface area contributed by atoms with Crippen LogP contribution in [-0.2, 0) is 16.1 Å². The first-order valence-corrected chi connectivity index (χ1v) is 8.44. The Morgan fingerprint density at radius 2 is 1.77 bits per heavy atom. The summed E-state index contributed by atoms with van der Waals surface area (Å²) in [5.74, 6) is 0.870. The summed E-state index contributed by atoms with van der Waals surface area (Å²) in [6.07, 6.45) is 7.95. The number of rotatable bonds is 10. The molecule has 1 heterocycles. The third-order valence-electron chi connectivity index (χ3n) is 3.85. The van der Waals surface area contributed by atoms with Crippen LogP contribution in [0.5, 0.6) is 5.75 Å². The van der Waals surface area contributed by atoms with E-state index < -0.39 is 0 Å². The first-order chi connectivity index (χ1) is 10.9. The molecule has 4 nitrogen and oxygen atoms in total. The van der Waals surface area contributed by atoms with Gasteiger partial charge in [-0.05, 0) is 56.2 Å². The maximum absolute atomic E-state index is 8.97. The standard InChI is InChI=1S/C18H28O4/c19-15-16-8-10-17(11-9-16)20-12-4-1-2-5-13-21-18-7-3-6-14-22-18/h8-11,18-19H,1-7,12-15H2. The van der Waals surface area contributed by atoms with Crippen molar-refractivity contribution in [3.8, 4) is 5.75 Å². The lowest BCUT2D eigenvalue weighted by Crippen LogP contribution is -2.22. The molecule has 0 aliphatic carbocycles. The van der Waals surface area contributed by atoms with Crippen LogP contribution in [0.2, 0.25) is 0 Å². The van der Waals surface area contributed by atoms with Gasteiger partial charge in [0.1, 0.15) is 5.75 Å². The van der Waals surface area contributed by atoms with Gasteiger partial charge in [-0.2, -0.15) is 0 Å². The van der Waals surface area contributed by atoms with E-state index in [0.717, 1.165) is 56.8 Å². The van der Waals surface area contributed by atoms with Gasteiger partial charge >= 0.3 is 0 Å². The van der Waals surface area contributed by atoms with E-state index >= 15 is 0 Å². The van der Waals surface area contributed by atoms with E-state index in [1.807, 2.05) is 24.3 Å². The predicted molar refractivity (Wildman–Crippen MR) is 85.9 cm³/mol. The Balaban J connectivity index is 1.42. The third kappa shape index (κ3) is 6.77. The Morgan fingerprint density at radius 3 is 2.45 bits per heavy atom. The van der Waals surface area contributed by atoms with Gasteiger partial charge in [-0.15, -0.1) is 0 Å². The van der Waals surface area contributed by atoms with E-state index in [0.29, 0.717) is 0 Å². The summed E-state index contributed by atoms with van der Waals surface area (Å²) in [5, 5.41) is 8.97. The van der Waals surface area contributed by atoms with Gasteiger partial charge in [-0.3, -0.25) is 0 Å². The average molecular weight is 308 g/mol. The van der Waals surface area contributed by atoms with Crippen LogP contribution in [0.1, 0.15) is 50.5 Å². The minimum Gasteiger partial charge on any atom is -0.494 e.